The first kappa shape index (κ1) is 42.4. The van der Waals surface area contributed by atoms with E-state index in [0.717, 1.165) is 38.5 Å². The monoisotopic (exact) mass is 762 g/mol. The van der Waals surface area contributed by atoms with Crippen LogP contribution < -0.4 is 10.6 Å². The third kappa shape index (κ3) is 10.4. The topological polar surface area (TPSA) is 133 Å². The largest absolute Gasteiger partial charge is 0.478 e. The highest BCUT2D eigenvalue weighted by Gasteiger charge is 2.25. The van der Waals surface area contributed by atoms with E-state index in [1.54, 1.807) is 24.3 Å². The maximum Gasteiger partial charge on any atom is 0.336 e. The summed E-state index contributed by atoms with van der Waals surface area (Å²) in [5.74, 6) is -2.91. The maximum atomic E-state index is 13.7. The van der Waals surface area contributed by atoms with Crippen molar-refractivity contribution < 1.29 is 29.4 Å². The number of carbonyl (C=O) groups excluding carboxylic acids is 2. The Labute approximate surface area is 332 Å². The number of benzene rings is 5. The summed E-state index contributed by atoms with van der Waals surface area (Å²) in [6.45, 7) is 5.47. The molecule has 5 aromatic carbocycles. The summed E-state index contributed by atoms with van der Waals surface area (Å²) >= 11 is 0. The van der Waals surface area contributed by atoms with Gasteiger partial charge in [0, 0.05) is 35.0 Å². The van der Waals surface area contributed by atoms with Gasteiger partial charge in [-0.15, -0.1) is 0 Å². The number of aromatic carboxylic acids is 2. The van der Waals surface area contributed by atoms with Crippen LogP contribution in [0.4, 0.5) is 0 Å². The molecule has 0 aliphatic rings. The van der Waals surface area contributed by atoms with E-state index in [-0.39, 0.29) is 22.9 Å². The van der Waals surface area contributed by atoms with Crippen LogP contribution in [0.15, 0.2) is 48.5 Å². The van der Waals surface area contributed by atoms with Gasteiger partial charge in [-0.3, -0.25) is 9.59 Å². The van der Waals surface area contributed by atoms with Gasteiger partial charge >= 0.3 is 11.9 Å². The first-order valence-electron chi connectivity index (χ1n) is 21.5. The number of fused-ring (bicyclic) bond motifs is 2. The molecule has 300 valence electrons. The molecule has 4 N–H and O–H groups in total. The molecular weight excluding hydrogens is 701 g/mol. The molecule has 0 saturated carbocycles. The molecule has 0 radical (unpaired) electrons. The fourth-order valence-electron chi connectivity index (χ4n) is 8.44. The molecule has 0 heterocycles. The van der Waals surface area contributed by atoms with Crippen molar-refractivity contribution in [2.24, 2.45) is 0 Å². The minimum absolute atomic E-state index is 0.0273. The second-order valence-electron chi connectivity index (χ2n) is 15.6. The third-order valence-electron chi connectivity index (χ3n) is 11.5. The molecule has 5 aromatic rings. The van der Waals surface area contributed by atoms with Crippen LogP contribution >= 0.6 is 0 Å². The van der Waals surface area contributed by atoms with Gasteiger partial charge in [0.15, 0.2) is 0 Å². The number of rotatable bonds is 26. The van der Waals surface area contributed by atoms with Crippen molar-refractivity contribution in [3.63, 3.8) is 0 Å². The molecule has 0 aromatic heterocycles. The Hall–Kier alpha value is -4.72. The fraction of sp³-hybridized carbons (Fsp3) is 0.500. The van der Waals surface area contributed by atoms with E-state index < -0.39 is 11.9 Å². The molecule has 0 unspecified atom stereocenters. The fourth-order valence-corrected chi connectivity index (χ4v) is 8.44. The second-order valence-corrected chi connectivity index (χ2v) is 15.6. The lowest BCUT2D eigenvalue weighted by atomic mass is 9.84. The van der Waals surface area contributed by atoms with Gasteiger partial charge in [-0.1, -0.05) is 154 Å². The predicted molar refractivity (Wildman–Crippen MR) is 230 cm³/mol. The Morgan fingerprint density at radius 3 is 0.929 bits per heavy atom. The molecule has 8 nitrogen and oxygen atoms in total. The minimum Gasteiger partial charge on any atom is -0.478 e. The second kappa shape index (κ2) is 21.5. The lowest BCUT2D eigenvalue weighted by Gasteiger charge is -2.20. The summed E-state index contributed by atoms with van der Waals surface area (Å²) in [5.41, 5.74) is 0.638. The van der Waals surface area contributed by atoms with Crippen LogP contribution in [0.3, 0.4) is 0 Å². The zero-order valence-electron chi connectivity index (χ0n) is 33.7. The van der Waals surface area contributed by atoms with Gasteiger partial charge in [0.1, 0.15) is 0 Å². The minimum atomic E-state index is -1.14. The number of carboxylic acids is 2. The molecule has 2 amide bonds. The standard InChI is InChI=1S/C48H62N2O6/c1-3-5-7-9-11-13-15-17-19-21-31-49-45(51)37-27-23-33-36-26-30-40(48(55)56)44-38(46(52)50-32-22-20-18-16-14-12-10-8-6-4-2)28-24-34(42(36)44)35-25-29-39(47(53)54)43(37)41(33)35/h23-30H,3-22,31-32H2,1-2H3,(H,49,51)(H,50,52)(H,53,54)(H,55,56). The van der Waals surface area contributed by atoms with E-state index in [4.69, 9.17) is 0 Å². The smallest absolute Gasteiger partial charge is 0.336 e. The number of carbonyl (C=O) groups is 4. The number of carboxylic acid groups (broad SMARTS) is 2. The van der Waals surface area contributed by atoms with Gasteiger partial charge < -0.3 is 20.8 Å². The first-order chi connectivity index (χ1) is 27.3. The quantitative estimate of drug-likeness (QED) is 0.0252. The Kier molecular flexibility index (Phi) is 16.3. The summed E-state index contributed by atoms with van der Waals surface area (Å²) in [4.78, 5) is 52.7. The van der Waals surface area contributed by atoms with Crippen LogP contribution in [0.25, 0.3) is 43.1 Å². The molecule has 0 aliphatic carbocycles. The Bertz CT molecular complexity index is 1930. The van der Waals surface area contributed by atoms with Crippen molar-refractivity contribution in [3.05, 3.63) is 70.8 Å². The molecule has 5 rings (SSSR count). The van der Waals surface area contributed by atoms with Crippen molar-refractivity contribution in [1.82, 2.24) is 10.6 Å². The normalized spacial score (nSPS) is 11.6. The molecule has 0 aliphatic heterocycles. The van der Waals surface area contributed by atoms with E-state index in [1.165, 1.54) is 102 Å². The van der Waals surface area contributed by atoms with Crippen molar-refractivity contribution in [2.75, 3.05) is 13.1 Å². The SMILES string of the molecule is CCCCCCCCCCCCNC(=O)c1ccc2c3ccc(C(=O)O)c4c(C(=O)NCCCCCCCCCCCC)ccc(c5ccc(C(=O)O)c1c52)c43. The number of nitrogens with one attached hydrogen (secondary N) is 2. The van der Waals surface area contributed by atoms with E-state index in [9.17, 15) is 29.4 Å². The molecule has 0 spiro atoms. The Balaban J connectivity index is 1.36. The molecule has 0 atom stereocenters. The van der Waals surface area contributed by atoms with Gasteiger partial charge in [0.05, 0.1) is 11.1 Å². The third-order valence-corrected chi connectivity index (χ3v) is 11.5. The summed E-state index contributed by atoms with van der Waals surface area (Å²) in [7, 11) is 0. The van der Waals surface area contributed by atoms with Gasteiger partial charge in [0.2, 0.25) is 0 Å². The van der Waals surface area contributed by atoms with Crippen molar-refractivity contribution in [2.45, 2.75) is 142 Å². The number of unbranched alkanes of at least 4 members (excludes halogenated alkanes) is 18. The summed E-state index contributed by atoms with van der Waals surface area (Å²) < 4.78 is 0. The number of amides is 2. The molecule has 8 heteroatoms. The van der Waals surface area contributed by atoms with E-state index in [2.05, 4.69) is 24.5 Å². The molecule has 56 heavy (non-hydrogen) atoms. The van der Waals surface area contributed by atoms with E-state index in [1.807, 2.05) is 12.1 Å². The molecular formula is C48H62N2O6. The highest BCUT2D eigenvalue weighted by molar-refractivity contribution is 6.38. The molecule has 0 bridgehead atoms. The van der Waals surface area contributed by atoms with Crippen LogP contribution in [0.1, 0.15) is 184 Å². The Morgan fingerprint density at radius 2 is 0.643 bits per heavy atom. The van der Waals surface area contributed by atoms with Gasteiger partial charge in [-0.2, -0.15) is 0 Å². The van der Waals surface area contributed by atoms with E-state index >= 15 is 0 Å². The highest BCUT2D eigenvalue weighted by Crippen LogP contribution is 2.44. The predicted octanol–water partition coefficient (Wildman–Crippen LogP) is 12.4. The average Bonchev–Trinajstić information content (AvgIpc) is 3.19. The van der Waals surface area contributed by atoms with Crippen LogP contribution in [0.5, 0.6) is 0 Å². The summed E-state index contributed by atoms with van der Waals surface area (Å²) in [6, 6.07) is 13.5. The Morgan fingerprint density at radius 1 is 0.375 bits per heavy atom. The van der Waals surface area contributed by atoms with Gasteiger partial charge in [0.25, 0.3) is 11.8 Å². The highest BCUT2D eigenvalue weighted by atomic mass is 16.4. The molecule has 0 fully saturated rings. The zero-order valence-corrected chi connectivity index (χ0v) is 33.7. The average molecular weight is 763 g/mol. The summed E-state index contributed by atoms with van der Waals surface area (Å²) in [6.07, 6.45) is 23.8. The van der Waals surface area contributed by atoms with Crippen LogP contribution in [-0.2, 0) is 0 Å². The number of hydrogen-bond acceptors (Lipinski definition) is 4. The lowest BCUT2D eigenvalue weighted by Crippen LogP contribution is -2.25. The maximum absolute atomic E-state index is 13.7. The number of hydrogen-bond donors (Lipinski definition) is 4. The van der Waals surface area contributed by atoms with Crippen LogP contribution in [-0.4, -0.2) is 47.1 Å². The molecule has 0 saturated heterocycles. The first-order valence-corrected chi connectivity index (χ1v) is 21.5. The van der Waals surface area contributed by atoms with Gasteiger partial charge in [-0.05, 0) is 69.4 Å². The van der Waals surface area contributed by atoms with E-state index in [0.29, 0.717) is 67.3 Å². The lowest BCUT2D eigenvalue weighted by molar-refractivity contribution is 0.0688. The summed E-state index contributed by atoms with van der Waals surface area (Å²) in [5, 5.41) is 31.5. The zero-order chi connectivity index (χ0) is 39.9. The van der Waals surface area contributed by atoms with Crippen molar-refractivity contribution in [1.29, 1.82) is 0 Å². The van der Waals surface area contributed by atoms with Gasteiger partial charge in [-0.25, -0.2) is 9.59 Å². The van der Waals surface area contributed by atoms with Crippen LogP contribution in [0.2, 0.25) is 0 Å². The van der Waals surface area contributed by atoms with Crippen molar-refractivity contribution in [3.8, 4) is 0 Å². The van der Waals surface area contributed by atoms with Crippen LogP contribution in [0, 0.1) is 0 Å². The van der Waals surface area contributed by atoms with Crippen molar-refractivity contribution >= 4 is 66.8 Å².